The first-order chi connectivity index (χ1) is 15.2. The Kier molecular flexibility index (Phi) is 9.87. The fraction of sp³-hybridized carbons (Fsp3) is 0.417. The lowest BCUT2D eigenvalue weighted by Crippen LogP contribution is -2.47. The van der Waals surface area contributed by atoms with E-state index in [1.807, 2.05) is 60.7 Å². The van der Waals surface area contributed by atoms with Crippen LogP contribution in [-0.4, -0.2) is 55.8 Å². The Labute approximate surface area is 191 Å². The van der Waals surface area contributed by atoms with E-state index in [-0.39, 0.29) is 19.0 Å². The molecule has 2 amide bonds. The number of hydrogen-bond donors (Lipinski definition) is 1. The van der Waals surface area contributed by atoms with E-state index >= 15 is 0 Å². The fourth-order valence-electron chi connectivity index (χ4n) is 3.29. The second-order valence-corrected chi connectivity index (χ2v) is 9.93. The van der Waals surface area contributed by atoms with Gasteiger partial charge in [-0.3, -0.25) is 9.59 Å². The molecular weight excluding hydrogens is 426 g/mol. The van der Waals surface area contributed by atoms with Crippen molar-refractivity contribution in [2.75, 3.05) is 26.4 Å². The van der Waals surface area contributed by atoms with Gasteiger partial charge in [0.15, 0.2) is 0 Å². The van der Waals surface area contributed by atoms with E-state index in [0.717, 1.165) is 35.4 Å². The number of nitrogens with one attached hydrogen (secondary N) is 1. The zero-order valence-corrected chi connectivity index (χ0v) is 19.8. The van der Waals surface area contributed by atoms with Crippen molar-refractivity contribution >= 4 is 21.8 Å². The average Bonchev–Trinajstić information content (AvgIpc) is 2.77. The van der Waals surface area contributed by atoms with Gasteiger partial charge in [-0.1, -0.05) is 80.4 Å². The van der Waals surface area contributed by atoms with Crippen molar-refractivity contribution < 1.29 is 18.0 Å². The first-order valence-corrected chi connectivity index (χ1v) is 12.7. The van der Waals surface area contributed by atoms with Crippen LogP contribution < -0.4 is 5.32 Å². The summed E-state index contributed by atoms with van der Waals surface area (Å²) in [6.45, 7) is 2.44. The monoisotopic (exact) mass is 459 g/mol. The maximum Gasteiger partial charge on any atom is 0.247 e. The quantitative estimate of drug-likeness (QED) is 0.495. The molecule has 2 aromatic rings. The molecule has 0 bridgehead atoms. The number of nitrogens with zero attached hydrogens (tertiary/aromatic N) is 2. The summed E-state index contributed by atoms with van der Waals surface area (Å²) in [4.78, 5) is 28.1. The van der Waals surface area contributed by atoms with E-state index in [0.29, 0.717) is 12.1 Å². The lowest BCUT2D eigenvalue weighted by molar-refractivity contribution is -0.141. The van der Waals surface area contributed by atoms with Crippen LogP contribution in [0.3, 0.4) is 0 Å². The molecule has 0 aliphatic heterocycles. The van der Waals surface area contributed by atoms with Gasteiger partial charge in [0.05, 0.1) is 12.8 Å². The summed E-state index contributed by atoms with van der Waals surface area (Å²) in [5, 5.41) is 2.96. The Balaban J connectivity index is 2.40. The number of amides is 2. The lowest BCUT2D eigenvalue weighted by atomic mass is 10.0. The molecular formula is C24H33N3O4S. The van der Waals surface area contributed by atoms with Gasteiger partial charge in [0.1, 0.15) is 6.04 Å². The molecule has 0 saturated carbocycles. The van der Waals surface area contributed by atoms with Crippen LogP contribution in [0.5, 0.6) is 0 Å². The number of likely N-dealkylation sites (N-methyl/N-ethyl adjacent to an activating group) is 1. The highest BCUT2D eigenvalue weighted by atomic mass is 32.2. The molecule has 1 N–H and O–H groups in total. The Morgan fingerprint density at radius 1 is 0.969 bits per heavy atom. The van der Waals surface area contributed by atoms with Crippen LogP contribution in [0.1, 0.15) is 43.4 Å². The molecule has 0 spiro atoms. The van der Waals surface area contributed by atoms with Crippen molar-refractivity contribution in [2.45, 2.75) is 38.8 Å². The number of rotatable bonds is 12. The lowest BCUT2D eigenvalue weighted by Gasteiger charge is -2.32. The maximum atomic E-state index is 13.3. The number of benzene rings is 2. The number of carbonyl (C=O) groups excluding carboxylic acids is 2. The molecule has 0 saturated heterocycles. The van der Waals surface area contributed by atoms with E-state index in [4.69, 9.17) is 0 Å². The summed E-state index contributed by atoms with van der Waals surface area (Å²) in [5.41, 5.74) is 1.52. The molecule has 0 aliphatic rings. The molecule has 174 valence electrons. The summed E-state index contributed by atoms with van der Waals surface area (Å²) in [6, 6.07) is 17.6. The summed E-state index contributed by atoms with van der Waals surface area (Å²) in [6.07, 6.45) is 3.95. The summed E-state index contributed by atoms with van der Waals surface area (Å²) >= 11 is 0. The third-order valence-corrected chi connectivity index (χ3v) is 6.46. The first-order valence-electron chi connectivity index (χ1n) is 10.8. The highest BCUT2D eigenvalue weighted by Crippen LogP contribution is 2.24. The van der Waals surface area contributed by atoms with Gasteiger partial charge in [0.25, 0.3) is 0 Å². The van der Waals surface area contributed by atoms with Gasteiger partial charge < -0.3 is 10.2 Å². The largest absolute Gasteiger partial charge is 0.354 e. The van der Waals surface area contributed by atoms with Crippen molar-refractivity contribution in [1.82, 2.24) is 14.5 Å². The van der Waals surface area contributed by atoms with Crippen molar-refractivity contribution in [1.29, 1.82) is 0 Å². The van der Waals surface area contributed by atoms with Crippen LogP contribution >= 0.6 is 0 Å². The number of hydrogen-bond acceptors (Lipinski definition) is 4. The topological polar surface area (TPSA) is 86.8 Å². The molecule has 1 unspecified atom stereocenters. The van der Waals surface area contributed by atoms with E-state index in [9.17, 15) is 18.0 Å². The molecule has 0 heterocycles. The van der Waals surface area contributed by atoms with Crippen molar-refractivity contribution in [2.24, 2.45) is 0 Å². The maximum absolute atomic E-state index is 13.3. The minimum absolute atomic E-state index is 0.180. The summed E-state index contributed by atoms with van der Waals surface area (Å²) in [5.74, 6) is -0.724. The third-order valence-electron chi connectivity index (χ3n) is 5.20. The van der Waals surface area contributed by atoms with E-state index in [1.54, 1.807) is 0 Å². The number of unbranched alkanes of at least 4 members (excludes halogenated alkanes) is 2. The SMILES string of the molecule is CCCCCNC(=O)C(c1ccccc1)N(Cc1ccccc1)C(=O)CN(C)S(C)(=O)=O. The molecule has 2 rings (SSSR count). The normalized spacial score (nSPS) is 12.4. The number of carbonyl (C=O) groups is 2. The molecule has 32 heavy (non-hydrogen) atoms. The molecule has 0 aromatic heterocycles. The molecule has 0 aliphatic carbocycles. The molecule has 7 nitrogen and oxygen atoms in total. The van der Waals surface area contributed by atoms with Crippen molar-refractivity contribution in [3.63, 3.8) is 0 Å². The predicted octanol–water partition coefficient (Wildman–Crippen LogP) is 2.95. The molecule has 1 atom stereocenters. The van der Waals surface area contributed by atoms with Crippen LogP contribution in [0.15, 0.2) is 60.7 Å². The van der Waals surface area contributed by atoms with Gasteiger partial charge in [-0.15, -0.1) is 0 Å². The van der Waals surface area contributed by atoms with Crippen molar-refractivity contribution in [3.8, 4) is 0 Å². The van der Waals surface area contributed by atoms with Gasteiger partial charge in [-0.05, 0) is 17.5 Å². The zero-order valence-electron chi connectivity index (χ0n) is 19.0. The smallest absolute Gasteiger partial charge is 0.247 e. The van der Waals surface area contributed by atoms with E-state index in [1.165, 1.54) is 11.9 Å². The highest BCUT2D eigenvalue weighted by Gasteiger charge is 2.32. The molecule has 2 aromatic carbocycles. The van der Waals surface area contributed by atoms with Gasteiger partial charge >= 0.3 is 0 Å². The molecule has 0 fully saturated rings. The van der Waals surface area contributed by atoms with Gasteiger partial charge in [0, 0.05) is 20.1 Å². The van der Waals surface area contributed by atoms with Crippen LogP contribution in [0.2, 0.25) is 0 Å². The van der Waals surface area contributed by atoms with E-state index < -0.39 is 22.0 Å². The third kappa shape index (κ3) is 7.76. The Bertz CT molecular complexity index is 965. The summed E-state index contributed by atoms with van der Waals surface area (Å²) in [7, 11) is -2.19. The van der Waals surface area contributed by atoms with Crippen LogP contribution in [0.4, 0.5) is 0 Å². The average molecular weight is 460 g/mol. The Morgan fingerprint density at radius 2 is 1.56 bits per heavy atom. The minimum atomic E-state index is -3.55. The predicted molar refractivity (Wildman–Crippen MR) is 126 cm³/mol. The standard InChI is InChI=1S/C24H33N3O4S/c1-4-5-12-17-25-24(29)23(21-15-10-7-11-16-21)27(18-20-13-8-6-9-14-20)22(28)19-26(2)32(3,30)31/h6-11,13-16,23H,4-5,12,17-19H2,1-3H3,(H,25,29). The van der Waals surface area contributed by atoms with Crippen LogP contribution in [-0.2, 0) is 26.2 Å². The fourth-order valence-corrected chi connectivity index (χ4v) is 3.64. The van der Waals surface area contributed by atoms with Crippen LogP contribution in [0.25, 0.3) is 0 Å². The number of sulfonamides is 1. The van der Waals surface area contributed by atoms with Crippen molar-refractivity contribution in [3.05, 3.63) is 71.8 Å². The molecule has 8 heteroatoms. The van der Waals surface area contributed by atoms with E-state index in [2.05, 4.69) is 12.2 Å². The highest BCUT2D eigenvalue weighted by molar-refractivity contribution is 7.88. The first kappa shape index (κ1) is 25.5. The van der Waals surface area contributed by atoms with Crippen LogP contribution in [0, 0.1) is 0 Å². The zero-order chi connectivity index (χ0) is 23.6. The van der Waals surface area contributed by atoms with Gasteiger partial charge in [-0.25, -0.2) is 8.42 Å². The Hall–Kier alpha value is -2.71. The summed E-state index contributed by atoms with van der Waals surface area (Å²) < 4.78 is 24.8. The second-order valence-electron chi connectivity index (χ2n) is 7.84. The van der Waals surface area contributed by atoms with Gasteiger partial charge in [0.2, 0.25) is 21.8 Å². The Morgan fingerprint density at radius 3 is 2.12 bits per heavy atom. The van der Waals surface area contributed by atoms with Gasteiger partial charge in [-0.2, -0.15) is 4.31 Å². The molecule has 0 radical (unpaired) electrons. The second kappa shape index (κ2) is 12.4. The minimum Gasteiger partial charge on any atom is -0.354 e.